The number of ketones is 1. The Bertz CT molecular complexity index is 819. The van der Waals surface area contributed by atoms with Crippen LogP contribution in [0, 0.1) is 0 Å². The standard InChI is InChI=1S/C19H18ClN3O3/c20-14-3-1-13(2-4-14)17(24)9-10-18(25)22-15-5-7-16(8-6-15)23-12-11-21-19(23)26/h1-8H,9-12H2,(H,21,26)(H,22,25). The van der Waals surface area contributed by atoms with Crippen LogP contribution in [0.15, 0.2) is 48.5 Å². The van der Waals surface area contributed by atoms with Crippen molar-refractivity contribution >= 4 is 40.7 Å². The number of halogens is 1. The molecule has 3 rings (SSSR count). The second-order valence-corrected chi connectivity index (χ2v) is 6.35. The van der Waals surface area contributed by atoms with Crippen LogP contribution in [-0.2, 0) is 4.79 Å². The summed E-state index contributed by atoms with van der Waals surface area (Å²) < 4.78 is 0. The zero-order valence-corrected chi connectivity index (χ0v) is 14.8. The smallest absolute Gasteiger partial charge is 0.321 e. The van der Waals surface area contributed by atoms with E-state index in [1.807, 2.05) is 0 Å². The molecule has 1 aliphatic heterocycles. The van der Waals surface area contributed by atoms with Gasteiger partial charge in [-0.2, -0.15) is 0 Å². The number of hydrogen-bond acceptors (Lipinski definition) is 3. The van der Waals surface area contributed by atoms with Crippen molar-refractivity contribution in [3.63, 3.8) is 0 Å². The minimum Gasteiger partial charge on any atom is -0.336 e. The van der Waals surface area contributed by atoms with E-state index in [0.717, 1.165) is 5.69 Å². The van der Waals surface area contributed by atoms with Crippen LogP contribution >= 0.6 is 11.6 Å². The molecule has 1 heterocycles. The lowest BCUT2D eigenvalue weighted by atomic mass is 10.1. The monoisotopic (exact) mass is 371 g/mol. The zero-order valence-electron chi connectivity index (χ0n) is 14.0. The normalized spacial score (nSPS) is 13.4. The summed E-state index contributed by atoms with van der Waals surface area (Å²) in [7, 11) is 0. The van der Waals surface area contributed by atoms with Crippen molar-refractivity contribution in [2.75, 3.05) is 23.3 Å². The number of rotatable bonds is 6. The number of carbonyl (C=O) groups is 3. The Balaban J connectivity index is 1.50. The SMILES string of the molecule is O=C(CCC(=O)c1ccc(Cl)cc1)Nc1ccc(N2CCNC2=O)cc1. The lowest BCUT2D eigenvalue weighted by Crippen LogP contribution is -2.27. The van der Waals surface area contributed by atoms with E-state index in [4.69, 9.17) is 11.6 Å². The fourth-order valence-electron chi connectivity index (χ4n) is 2.67. The predicted octanol–water partition coefficient (Wildman–Crippen LogP) is 3.47. The van der Waals surface area contributed by atoms with Crippen molar-refractivity contribution in [2.24, 2.45) is 0 Å². The van der Waals surface area contributed by atoms with Gasteiger partial charge in [-0.3, -0.25) is 14.5 Å². The number of nitrogens with zero attached hydrogens (tertiary/aromatic N) is 1. The Hall–Kier alpha value is -2.86. The molecule has 6 nitrogen and oxygen atoms in total. The molecule has 0 atom stereocenters. The topological polar surface area (TPSA) is 78.5 Å². The van der Waals surface area contributed by atoms with Crippen LogP contribution in [0.4, 0.5) is 16.2 Å². The average molecular weight is 372 g/mol. The minimum absolute atomic E-state index is 0.0950. The van der Waals surface area contributed by atoms with E-state index in [0.29, 0.717) is 29.4 Å². The molecule has 0 bridgehead atoms. The van der Waals surface area contributed by atoms with Crippen molar-refractivity contribution in [2.45, 2.75) is 12.8 Å². The van der Waals surface area contributed by atoms with Gasteiger partial charge in [0.25, 0.3) is 0 Å². The van der Waals surface area contributed by atoms with Crippen LogP contribution in [-0.4, -0.2) is 30.8 Å². The van der Waals surface area contributed by atoms with E-state index < -0.39 is 0 Å². The van der Waals surface area contributed by atoms with Gasteiger partial charge in [-0.15, -0.1) is 0 Å². The van der Waals surface area contributed by atoms with Crippen molar-refractivity contribution < 1.29 is 14.4 Å². The highest BCUT2D eigenvalue weighted by molar-refractivity contribution is 6.30. The van der Waals surface area contributed by atoms with Gasteiger partial charge in [0, 0.05) is 47.9 Å². The third-order valence-electron chi connectivity index (χ3n) is 4.06. The Morgan fingerprint density at radius 3 is 2.35 bits per heavy atom. The van der Waals surface area contributed by atoms with Gasteiger partial charge >= 0.3 is 6.03 Å². The summed E-state index contributed by atoms with van der Waals surface area (Å²) in [6, 6.07) is 13.5. The predicted molar refractivity (Wildman–Crippen MR) is 101 cm³/mol. The van der Waals surface area contributed by atoms with Crippen molar-refractivity contribution in [1.82, 2.24) is 5.32 Å². The zero-order chi connectivity index (χ0) is 18.5. The first-order valence-corrected chi connectivity index (χ1v) is 8.65. The quantitative estimate of drug-likeness (QED) is 0.763. The van der Waals surface area contributed by atoms with Gasteiger partial charge in [-0.25, -0.2) is 4.79 Å². The summed E-state index contributed by atoms with van der Waals surface area (Å²) in [5, 5.41) is 6.06. The van der Waals surface area contributed by atoms with Gasteiger partial charge in [0.05, 0.1) is 0 Å². The first-order chi connectivity index (χ1) is 12.5. The number of benzene rings is 2. The van der Waals surface area contributed by atoms with Gasteiger partial charge in [0.1, 0.15) is 0 Å². The molecule has 7 heteroatoms. The molecule has 26 heavy (non-hydrogen) atoms. The second kappa shape index (κ2) is 8.01. The molecular formula is C19H18ClN3O3. The summed E-state index contributed by atoms with van der Waals surface area (Å²) in [4.78, 5) is 37.4. The number of amides is 3. The lowest BCUT2D eigenvalue weighted by Gasteiger charge is -2.14. The molecule has 3 amide bonds. The Morgan fingerprint density at radius 2 is 1.73 bits per heavy atom. The summed E-state index contributed by atoms with van der Waals surface area (Å²) >= 11 is 5.79. The van der Waals surface area contributed by atoms with E-state index >= 15 is 0 Å². The van der Waals surface area contributed by atoms with E-state index in [1.54, 1.807) is 53.4 Å². The maximum Gasteiger partial charge on any atom is 0.321 e. The summed E-state index contributed by atoms with van der Waals surface area (Å²) in [5.41, 5.74) is 1.93. The summed E-state index contributed by atoms with van der Waals surface area (Å²) in [5.74, 6) is -0.341. The Kier molecular flexibility index (Phi) is 5.53. The highest BCUT2D eigenvalue weighted by Crippen LogP contribution is 2.20. The molecule has 1 aliphatic rings. The van der Waals surface area contributed by atoms with Crippen LogP contribution in [0.1, 0.15) is 23.2 Å². The third-order valence-corrected chi connectivity index (χ3v) is 4.32. The number of hydrogen-bond donors (Lipinski definition) is 2. The highest BCUT2D eigenvalue weighted by Gasteiger charge is 2.20. The van der Waals surface area contributed by atoms with E-state index in [-0.39, 0.29) is 30.6 Å². The summed E-state index contributed by atoms with van der Waals surface area (Å²) in [6.07, 6.45) is 0.219. The first kappa shape index (κ1) is 17.9. The lowest BCUT2D eigenvalue weighted by molar-refractivity contribution is -0.116. The molecule has 0 unspecified atom stereocenters. The molecule has 2 aromatic carbocycles. The van der Waals surface area contributed by atoms with Gasteiger partial charge in [-0.05, 0) is 48.5 Å². The largest absolute Gasteiger partial charge is 0.336 e. The average Bonchev–Trinajstić information content (AvgIpc) is 3.07. The molecule has 0 radical (unpaired) electrons. The maximum atomic E-state index is 12.1. The molecule has 1 fully saturated rings. The van der Waals surface area contributed by atoms with Gasteiger partial charge in [-0.1, -0.05) is 11.6 Å². The summed E-state index contributed by atoms with van der Waals surface area (Å²) in [6.45, 7) is 1.25. The van der Waals surface area contributed by atoms with Gasteiger partial charge < -0.3 is 10.6 Å². The van der Waals surface area contributed by atoms with E-state index in [1.165, 1.54) is 0 Å². The molecular weight excluding hydrogens is 354 g/mol. The number of carbonyl (C=O) groups excluding carboxylic acids is 3. The van der Waals surface area contributed by atoms with Gasteiger partial charge in [0.15, 0.2) is 5.78 Å². The number of Topliss-reactive ketones (excluding diaryl/α,β-unsaturated/α-hetero) is 1. The minimum atomic E-state index is -0.237. The highest BCUT2D eigenvalue weighted by atomic mass is 35.5. The third kappa shape index (κ3) is 4.40. The molecule has 0 aliphatic carbocycles. The molecule has 0 spiro atoms. The molecule has 0 aromatic heterocycles. The number of urea groups is 1. The van der Waals surface area contributed by atoms with Crippen molar-refractivity contribution in [3.8, 4) is 0 Å². The molecule has 2 aromatic rings. The van der Waals surface area contributed by atoms with Crippen LogP contribution in [0.3, 0.4) is 0 Å². The Labute approximate surface area is 156 Å². The molecule has 2 N–H and O–H groups in total. The molecule has 1 saturated heterocycles. The van der Waals surface area contributed by atoms with Crippen LogP contribution in [0.5, 0.6) is 0 Å². The first-order valence-electron chi connectivity index (χ1n) is 8.27. The number of nitrogens with one attached hydrogen (secondary N) is 2. The fraction of sp³-hybridized carbons (Fsp3) is 0.211. The van der Waals surface area contributed by atoms with Crippen molar-refractivity contribution in [1.29, 1.82) is 0 Å². The second-order valence-electron chi connectivity index (χ2n) is 5.91. The van der Waals surface area contributed by atoms with E-state index in [2.05, 4.69) is 10.6 Å². The van der Waals surface area contributed by atoms with Crippen LogP contribution < -0.4 is 15.5 Å². The Morgan fingerprint density at radius 1 is 1.04 bits per heavy atom. The van der Waals surface area contributed by atoms with Crippen LogP contribution in [0.2, 0.25) is 5.02 Å². The fourth-order valence-corrected chi connectivity index (χ4v) is 2.80. The van der Waals surface area contributed by atoms with E-state index in [9.17, 15) is 14.4 Å². The number of anilines is 2. The molecule has 0 saturated carbocycles. The van der Waals surface area contributed by atoms with Crippen LogP contribution in [0.25, 0.3) is 0 Å². The molecule has 134 valence electrons. The van der Waals surface area contributed by atoms with Crippen molar-refractivity contribution in [3.05, 3.63) is 59.1 Å². The van der Waals surface area contributed by atoms with Gasteiger partial charge in [0.2, 0.25) is 5.91 Å². The maximum absolute atomic E-state index is 12.1.